The van der Waals surface area contributed by atoms with E-state index in [1.54, 1.807) is 0 Å². The average molecular weight is 807 g/mol. The molecule has 0 N–H and O–H groups in total. The number of halogens is 3. The van der Waals surface area contributed by atoms with Crippen molar-refractivity contribution in [2.24, 2.45) is 0 Å². The summed E-state index contributed by atoms with van der Waals surface area (Å²) in [5.41, 5.74) is 0.488. The number of benzene rings is 1. The molecule has 1 aromatic carbocycles. The Morgan fingerprint density at radius 3 is 2.16 bits per heavy atom. The third-order valence-electron chi connectivity index (χ3n) is 3.65. The molecule has 9 nitrogen and oxygen atoms in total. The van der Waals surface area contributed by atoms with Crippen molar-refractivity contribution in [3.05, 3.63) is 40.6 Å². The number of esters is 2. The maximum absolute atomic E-state index is 12.6. The van der Waals surface area contributed by atoms with Crippen LogP contribution in [0.3, 0.4) is 0 Å². The molecule has 1 rings (SSSR count). The van der Waals surface area contributed by atoms with Crippen LogP contribution in [0.15, 0.2) is 24.3 Å². The Balaban J connectivity index is 2.87. The molecule has 0 radical (unpaired) electrons. The van der Waals surface area contributed by atoms with E-state index in [-0.39, 0.29) is 12.2 Å². The number of phosphoric ester groups is 1. The van der Waals surface area contributed by atoms with Gasteiger partial charge in [0.1, 0.15) is 32.5 Å². The number of carbonyl (C=O) groups excluding carboxylic acids is 2. The van der Waals surface area contributed by atoms with E-state index in [2.05, 4.69) is 29.2 Å². The average Bonchev–Trinajstić information content (AvgIpc) is 2.61. The standard InChI is InChI=1S/C19H25I3NO8P/c1-12(2)18(24)28-10-14(31-32(26,27)30-7-6-23(3,4)5)11-29-19(25)17-15(21)8-13(20)9-16(17)22/h8-9,14H,1,6-7,10-11H2,2-5H3. The van der Waals surface area contributed by atoms with E-state index < -0.39 is 39.1 Å². The van der Waals surface area contributed by atoms with Gasteiger partial charge in [0.05, 0.1) is 26.7 Å². The Kier molecular flexibility index (Phi) is 12.6. The Morgan fingerprint density at radius 2 is 1.66 bits per heavy atom. The van der Waals surface area contributed by atoms with Crippen LogP contribution in [0.4, 0.5) is 0 Å². The highest BCUT2D eigenvalue weighted by Crippen LogP contribution is 2.40. The fourth-order valence-electron chi connectivity index (χ4n) is 2.02. The molecule has 0 saturated heterocycles. The van der Waals surface area contributed by atoms with Crippen molar-refractivity contribution in [1.82, 2.24) is 0 Å². The number of phosphoric acid groups is 1. The first-order valence-corrected chi connectivity index (χ1v) is 13.9. The molecular weight excluding hydrogens is 782 g/mol. The molecule has 0 aromatic heterocycles. The van der Waals surface area contributed by atoms with Gasteiger partial charge in [-0.25, -0.2) is 9.59 Å². The van der Waals surface area contributed by atoms with Crippen molar-refractivity contribution < 1.29 is 42.1 Å². The summed E-state index contributed by atoms with van der Waals surface area (Å²) < 4.78 is 35.3. The van der Waals surface area contributed by atoms with Crippen molar-refractivity contribution in [2.45, 2.75) is 13.0 Å². The van der Waals surface area contributed by atoms with Crippen LogP contribution >= 0.6 is 75.6 Å². The van der Waals surface area contributed by atoms with Gasteiger partial charge in [-0.2, -0.15) is 0 Å². The van der Waals surface area contributed by atoms with Crippen molar-refractivity contribution in [2.75, 3.05) is 47.5 Å². The topological polar surface area (TPSA) is 111 Å². The molecule has 0 heterocycles. The zero-order chi connectivity index (χ0) is 24.7. The lowest BCUT2D eigenvalue weighted by atomic mass is 10.2. The van der Waals surface area contributed by atoms with E-state index in [0.29, 0.717) is 23.7 Å². The van der Waals surface area contributed by atoms with E-state index in [4.69, 9.17) is 18.5 Å². The van der Waals surface area contributed by atoms with Gasteiger partial charge in [0.15, 0.2) is 0 Å². The monoisotopic (exact) mass is 807 g/mol. The first-order valence-electron chi connectivity index (χ1n) is 9.20. The molecule has 180 valence electrons. The summed E-state index contributed by atoms with van der Waals surface area (Å²) in [6.45, 7) is 4.31. The van der Waals surface area contributed by atoms with Gasteiger partial charge in [-0.1, -0.05) is 6.58 Å². The second-order valence-electron chi connectivity index (χ2n) is 7.74. The van der Waals surface area contributed by atoms with Gasteiger partial charge in [0, 0.05) is 16.3 Å². The molecule has 2 atom stereocenters. The van der Waals surface area contributed by atoms with E-state index in [1.165, 1.54) is 6.92 Å². The highest BCUT2D eigenvalue weighted by molar-refractivity contribution is 14.1. The second kappa shape index (κ2) is 13.3. The van der Waals surface area contributed by atoms with E-state index >= 15 is 0 Å². The minimum absolute atomic E-state index is 0.0959. The molecule has 0 amide bonds. The SMILES string of the molecule is C=C(C)C(=O)OCC(COC(=O)c1c(I)cc(I)cc1I)OP(=O)([O-])OCC[N+](C)(C)C. The van der Waals surface area contributed by atoms with Crippen LogP contribution in [0.25, 0.3) is 0 Å². The third-order valence-corrected chi connectivity index (χ3v) is 7.03. The molecule has 32 heavy (non-hydrogen) atoms. The summed E-state index contributed by atoms with van der Waals surface area (Å²) in [5.74, 6) is -1.37. The highest BCUT2D eigenvalue weighted by Gasteiger charge is 2.25. The second-order valence-corrected chi connectivity index (χ2v) is 12.7. The molecule has 0 saturated carbocycles. The third kappa shape index (κ3) is 11.5. The minimum Gasteiger partial charge on any atom is -0.756 e. The molecular formula is C19H25I3NO8P. The number of hydrogen-bond acceptors (Lipinski definition) is 8. The molecule has 0 fully saturated rings. The van der Waals surface area contributed by atoms with Crippen molar-refractivity contribution in [1.29, 1.82) is 0 Å². The summed E-state index contributed by atoms with van der Waals surface area (Å²) in [6.07, 6.45) is -1.28. The number of quaternary nitrogens is 1. The zero-order valence-corrected chi connectivity index (χ0v) is 25.4. The zero-order valence-electron chi connectivity index (χ0n) is 18.1. The van der Waals surface area contributed by atoms with E-state index in [0.717, 1.165) is 3.57 Å². The Bertz CT molecular complexity index is 880. The molecule has 13 heteroatoms. The summed E-state index contributed by atoms with van der Waals surface area (Å²) in [7, 11) is 0.900. The van der Waals surface area contributed by atoms with Gasteiger partial charge < -0.3 is 27.9 Å². The molecule has 2 unspecified atom stereocenters. The molecule has 1 aromatic rings. The fourth-order valence-corrected chi connectivity index (χ4v) is 6.89. The first kappa shape index (κ1) is 30.2. The number of carbonyl (C=O) groups is 2. The van der Waals surface area contributed by atoms with Crippen LogP contribution in [0.1, 0.15) is 17.3 Å². The maximum Gasteiger partial charge on any atom is 0.340 e. The minimum atomic E-state index is -4.74. The van der Waals surface area contributed by atoms with Gasteiger partial charge in [0.25, 0.3) is 7.82 Å². The van der Waals surface area contributed by atoms with Crippen molar-refractivity contribution in [3.63, 3.8) is 0 Å². The van der Waals surface area contributed by atoms with E-state index in [9.17, 15) is 19.0 Å². The quantitative estimate of drug-likeness (QED) is 0.104. The number of rotatable bonds is 12. The molecule has 0 bridgehead atoms. The smallest absolute Gasteiger partial charge is 0.340 e. The number of hydrogen-bond donors (Lipinski definition) is 0. The van der Waals surface area contributed by atoms with Crippen molar-refractivity contribution in [3.8, 4) is 0 Å². The number of ether oxygens (including phenoxy) is 2. The molecule has 0 aliphatic rings. The normalized spacial score (nSPS) is 14.4. The van der Waals surface area contributed by atoms with Crippen LogP contribution in [0.2, 0.25) is 0 Å². The Labute approximate surface area is 228 Å². The predicted molar refractivity (Wildman–Crippen MR) is 142 cm³/mol. The van der Waals surface area contributed by atoms with Crippen LogP contribution in [0, 0.1) is 10.7 Å². The lowest BCUT2D eigenvalue weighted by Gasteiger charge is -2.29. The summed E-state index contributed by atoms with van der Waals surface area (Å²) in [4.78, 5) is 36.6. The highest BCUT2D eigenvalue weighted by atomic mass is 127. The molecule has 0 aliphatic heterocycles. The van der Waals surface area contributed by atoms with Crippen LogP contribution in [0.5, 0.6) is 0 Å². The van der Waals surface area contributed by atoms with Gasteiger partial charge in [0.2, 0.25) is 0 Å². The van der Waals surface area contributed by atoms with Gasteiger partial charge in [-0.3, -0.25) is 4.57 Å². The van der Waals surface area contributed by atoms with Gasteiger partial charge in [-0.15, -0.1) is 0 Å². The maximum atomic E-state index is 12.6. The van der Waals surface area contributed by atoms with Gasteiger partial charge >= 0.3 is 11.9 Å². The first-order chi connectivity index (χ1) is 14.6. The summed E-state index contributed by atoms with van der Waals surface area (Å²) in [5, 5.41) is 0. The molecule has 0 aliphatic carbocycles. The fraction of sp³-hybridized carbons (Fsp3) is 0.474. The number of nitrogens with zero attached hydrogens (tertiary/aromatic N) is 1. The summed E-state index contributed by atoms with van der Waals surface area (Å²) in [6, 6.07) is 3.63. The number of likely N-dealkylation sites (N-methyl/N-ethyl adjacent to an activating group) is 1. The van der Waals surface area contributed by atoms with Crippen molar-refractivity contribution >= 4 is 87.5 Å². The molecule has 0 spiro atoms. The van der Waals surface area contributed by atoms with Crippen LogP contribution in [-0.2, 0) is 27.9 Å². The lowest BCUT2D eigenvalue weighted by molar-refractivity contribution is -0.870. The van der Waals surface area contributed by atoms with E-state index in [1.807, 2.05) is 78.5 Å². The largest absolute Gasteiger partial charge is 0.756 e. The van der Waals surface area contributed by atoms with Gasteiger partial charge in [-0.05, 0) is 86.8 Å². The lowest BCUT2D eigenvalue weighted by Crippen LogP contribution is -2.38. The Hall–Kier alpha value is 0.160. The summed E-state index contributed by atoms with van der Waals surface area (Å²) >= 11 is 6.18. The Morgan fingerprint density at radius 1 is 1.12 bits per heavy atom. The van der Waals surface area contributed by atoms with Crippen LogP contribution < -0.4 is 4.89 Å². The van der Waals surface area contributed by atoms with Crippen LogP contribution in [-0.4, -0.2) is 70.0 Å². The predicted octanol–water partition coefficient (Wildman–Crippen LogP) is 3.35.